The van der Waals surface area contributed by atoms with Crippen LogP contribution in [0.1, 0.15) is 65.1 Å². The van der Waals surface area contributed by atoms with Crippen molar-refractivity contribution in [3.8, 4) is 0 Å². The van der Waals surface area contributed by atoms with Gasteiger partial charge < -0.3 is 10.3 Å². The summed E-state index contributed by atoms with van der Waals surface area (Å²) in [5.74, 6) is 2.01. The van der Waals surface area contributed by atoms with Gasteiger partial charge in [-0.2, -0.15) is 4.98 Å². The summed E-state index contributed by atoms with van der Waals surface area (Å²) < 4.78 is 5.30. The molecule has 2 atom stereocenters. The zero-order valence-corrected chi connectivity index (χ0v) is 12.2. The Labute approximate surface area is 109 Å². The van der Waals surface area contributed by atoms with E-state index in [1.54, 1.807) is 0 Å². The lowest BCUT2D eigenvalue weighted by Gasteiger charge is -2.21. The molecule has 1 aromatic heterocycles. The lowest BCUT2D eigenvalue weighted by atomic mass is 9.87. The molecule has 2 rings (SSSR count). The fourth-order valence-electron chi connectivity index (χ4n) is 2.48. The van der Waals surface area contributed by atoms with Gasteiger partial charge in [-0.1, -0.05) is 39.8 Å². The van der Waals surface area contributed by atoms with Gasteiger partial charge in [0.05, 0.1) is 0 Å². The van der Waals surface area contributed by atoms with Crippen LogP contribution in [0.15, 0.2) is 4.52 Å². The molecule has 4 nitrogen and oxygen atoms in total. The second-order valence-corrected chi connectivity index (χ2v) is 7.52. The smallest absolute Gasteiger partial charge is 0.228 e. The number of nitrogens with two attached hydrogens (primary N) is 1. The third-order valence-corrected chi connectivity index (χ3v) is 3.62. The van der Waals surface area contributed by atoms with E-state index in [9.17, 15) is 0 Å². The monoisotopic (exact) mass is 251 g/mol. The SMILES string of the molecule is CC(C)(C)CC(N)Cc1nc(C2CC2(C)C)no1. The van der Waals surface area contributed by atoms with Crippen molar-refractivity contribution < 1.29 is 4.52 Å². The van der Waals surface area contributed by atoms with Crippen LogP contribution >= 0.6 is 0 Å². The van der Waals surface area contributed by atoms with Crippen molar-refractivity contribution in [3.05, 3.63) is 11.7 Å². The molecule has 0 saturated heterocycles. The molecule has 1 aromatic rings. The highest BCUT2D eigenvalue weighted by Gasteiger charge is 2.49. The quantitative estimate of drug-likeness (QED) is 0.893. The van der Waals surface area contributed by atoms with Gasteiger partial charge in [-0.3, -0.25) is 0 Å². The average Bonchev–Trinajstić information content (AvgIpc) is 2.61. The zero-order valence-electron chi connectivity index (χ0n) is 12.2. The lowest BCUT2D eigenvalue weighted by molar-refractivity contribution is 0.312. The first-order valence-electron chi connectivity index (χ1n) is 6.75. The van der Waals surface area contributed by atoms with Crippen LogP contribution in [0.2, 0.25) is 0 Å². The molecule has 18 heavy (non-hydrogen) atoms. The number of nitrogens with zero attached hydrogens (tertiary/aromatic N) is 2. The van der Waals surface area contributed by atoms with E-state index >= 15 is 0 Å². The van der Waals surface area contributed by atoms with Crippen molar-refractivity contribution in [2.75, 3.05) is 0 Å². The summed E-state index contributed by atoms with van der Waals surface area (Å²) in [5, 5.41) is 4.08. The van der Waals surface area contributed by atoms with E-state index in [2.05, 4.69) is 44.8 Å². The normalized spacial score (nSPS) is 24.0. The maximum Gasteiger partial charge on any atom is 0.228 e. The molecule has 1 heterocycles. The highest BCUT2D eigenvalue weighted by molar-refractivity contribution is 5.14. The molecule has 0 aliphatic heterocycles. The molecule has 2 N–H and O–H groups in total. The van der Waals surface area contributed by atoms with E-state index in [0.717, 1.165) is 18.7 Å². The van der Waals surface area contributed by atoms with Gasteiger partial charge in [-0.15, -0.1) is 0 Å². The summed E-state index contributed by atoms with van der Waals surface area (Å²) >= 11 is 0. The summed E-state index contributed by atoms with van der Waals surface area (Å²) in [6.07, 6.45) is 2.79. The molecule has 1 saturated carbocycles. The Kier molecular flexibility index (Phi) is 3.26. The fourth-order valence-corrected chi connectivity index (χ4v) is 2.48. The Bertz CT molecular complexity index is 417. The second-order valence-electron chi connectivity index (χ2n) is 7.52. The standard InChI is InChI=1S/C14H25N3O/c1-13(2,3)7-9(15)6-11-16-12(17-18-11)10-8-14(10,4)5/h9-10H,6-8,15H2,1-5H3. The molecule has 102 valence electrons. The molecule has 0 spiro atoms. The van der Waals surface area contributed by atoms with E-state index in [-0.39, 0.29) is 11.5 Å². The van der Waals surface area contributed by atoms with Crippen LogP contribution in [-0.2, 0) is 6.42 Å². The Hall–Kier alpha value is -0.900. The highest BCUT2D eigenvalue weighted by atomic mass is 16.5. The van der Waals surface area contributed by atoms with Gasteiger partial charge in [-0.05, 0) is 23.7 Å². The van der Waals surface area contributed by atoms with Gasteiger partial charge in [0.1, 0.15) is 0 Å². The van der Waals surface area contributed by atoms with Crippen LogP contribution in [-0.4, -0.2) is 16.2 Å². The van der Waals surface area contributed by atoms with Crippen LogP contribution < -0.4 is 5.73 Å². The van der Waals surface area contributed by atoms with Crippen molar-refractivity contribution in [1.29, 1.82) is 0 Å². The number of aromatic nitrogens is 2. The summed E-state index contributed by atoms with van der Waals surface area (Å²) in [4.78, 5) is 4.48. The summed E-state index contributed by atoms with van der Waals surface area (Å²) in [5.41, 5.74) is 6.70. The van der Waals surface area contributed by atoms with Crippen LogP contribution in [0.25, 0.3) is 0 Å². The third kappa shape index (κ3) is 3.31. The minimum absolute atomic E-state index is 0.0884. The molecule has 0 amide bonds. The summed E-state index contributed by atoms with van der Waals surface area (Å²) in [7, 11) is 0. The van der Waals surface area contributed by atoms with Gasteiger partial charge in [0.2, 0.25) is 5.89 Å². The average molecular weight is 251 g/mol. The van der Waals surface area contributed by atoms with Crippen molar-refractivity contribution in [1.82, 2.24) is 10.1 Å². The van der Waals surface area contributed by atoms with E-state index in [1.807, 2.05) is 0 Å². The number of hydrogen-bond acceptors (Lipinski definition) is 4. The van der Waals surface area contributed by atoms with Crippen molar-refractivity contribution in [2.45, 2.75) is 65.8 Å². The first kappa shape index (κ1) is 13.5. The van der Waals surface area contributed by atoms with Crippen LogP contribution in [0.5, 0.6) is 0 Å². The molecular formula is C14H25N3O. The molecule has 4 heteroatoms. The summed E-state index contributed by atoms with van der Waals surface area (Å²) in [6.45, 7) is 11.1. The Morgan fingerprint density at radius 1 is 1.44 bits per heavy atom. The molecular weight excluding hydrogens is 226 g/mol. The van der Waals surface area contributed by atoms with Crippen LogP contribution in [0, 0.1) is 10.8 Å². The van der Waals surface area contributed by atoms with Gasteiger partial charge in [0, 0.05) is 18.4 Å². The highest BCUT2D eigenvalue weighted by Crippen LogP contribution is 2.57. The first-order chi connectivity index (χ1) is 8.17. The van der Waals surface area contributed by atoms with E-state index in [1.165, 1.54) is 0 Å². The third-order valence-electron chi connectivity index (χ3n) is 3.62. The fraction of sp³-hybridized carbons (Fsp3) is 0.857. The van der Waals surface area contributed by atoms with Crippen molar-refractivity contribution in [3.63, 3.8) is 0 Å². The molecule has 0 aromatic carbocycles. The maximum absolute atomic E-state index is 6.12. The molecule has 1 aliphatic rings. The predicted octanol–water partition coefficient (Wildman–Crippen LogP) is 2.89. The minimum atomic E-state index is 0.0884. The topological polar surface area (TPSA) is 64.9 Å². The van der Waals surface area contributed by atoms with Crippen molar-refractivity contribution in [2.24, 2.45) is 16.6 Å². The lowest BCUT2D eigenvalue weighted by Crippen LogP contribution is -2.28. The van der Waals surface area contributed by atoms with Crippen molar-refractivity contribution >= 4 is 0 Å². The number of rotatable bonds is 4. The minimum Gasteiger partial charge on any atom is -0.339 e. The largest absolute Gasteiger partial charge is 0.339 e. The molecule has 0 bridgehead atoms. The van der Waals surface area contributed by atoms with E-state index in [0.29, 0.717) is 23.6 Å². The van der Waals surface area contributed by atoms with Crippen LogP contribution in [0.4, 0.5) is 0 Å². The molecule has 1 fully saturated rings. The molecule has 0 radical (unpaired) electrons. The van der Waals surface area contributed by atoms with Gasteiger partial charge >= 0.3 is 0 Å². The Morgan fingerprint density at radius 2 is 2.06 bits per heavy atom. The van der Waals surface area contributed by atoms with Gasteiger partial charge in [0.15, 0.2) is 5.82 Å². The molecule has 1 aliphatic carbocycles. The molecule has 2 unspecified atom stereocenters. The Balaban J connectivity index is 1.91. The van der Waals surface area contributed by atoms with E-state index < -0.39 is 0 Å². The number of hydrogen-bond donors (Lipinski definition) is 1. The Morgan fingerprint density at radius 3 is 2.56 bits per heavy atom. The van der Waals surface area contributed by atoms with Gasteiger partial charge in [0.25, 0.3) is 0 Å². The predicted molar refractivity (Wildman–Crippen MR) is 71.2 cm³/mol. The van der Waals surface area contributed by atoms with Gasteiger partial charge in [-0.25, -0.2) is 0 Å². The zero-order chi connectivity index (χ0) is 13.6. The maximum atomic E-state index is 6.12. The second kappa shape index (κ2) is 4.34. The van der Waals surface area contributed by atoms with E-state index in [4.69, 9.17) is 10.3 Å². The van der Waals surface area contributed by atoms with Crippen LogP contribution in [0.3, 0.4) is 0 Å². The first-order valence-corrected chi connectivity index (χ1v) is 6.75. The summed E-state index contributed by atoms with van der Waals surface area (Å²) in [6, 6.07) is 0.0884.